The summed E-state index contributed by atoms with van der Waals surface area (Å²) < 4.78 is 0. The van der Waals surface area contributed by atoms with Crippen molar-refractivity contribution < 1.29 is 0 Å². The number of fused-ring (bicyclic) bond motifs is 1. The Morgan fingerprint density at radius 3 is 2.57 bits per heavy atom. The minimum atomic E-state index is 0.199. The number of anilines is 1. The molecule has 0 aromatic heterocycles. The van der Waals surface area contributed by atoms with Gasteiger partial charge in [-0.3, -0.25) is 0 Å². The third-order valence-corrected chi connectivity index (χ3v) is 4.09. The van der Waals surface area contributed by atoms with E-state index in [2.05, 4.69) is 70.4 Å². The van der Waals surface area contributed by atoms with E-state index in [-0.39, 0.29) is 5.54 Å². The molecule has 118 valence electrons. The van der Waals surface area contributed by atoms with Gasteiger partial charge in [0.25, 0.3) is 0 Å². The predicted molar refractivity (Wildman–Crippen MR) is 93.1 cm³/mol. The Morgan fingerprint density at radius 2 is 1.90 bits per heavy atom. The van der Waals surface area contributed by atoms with Crippen molar-refractivity contribution >= 4 is 5.69 Å². The summed E-state index contributed by atoms with van der Waals surface area (Å²) in [4.78, 5) is 0. The predicted octanol–water partition coefficient (Wildman–Crippen LogP) is 4.39. The molecule has 2 rings (SSSR count). The first-order valence-corrected chi connectivity index (χ1v) is 8.28. The molecule has 2 heteroatoms. The summed E-state index contributed by atoms with van der Waals surface area (Å²) >= 11 is 0. The zero-order valence-corrected chi connectivity index (χ0v) is 14.6. The van der Waals surface area contributed by atoms with Crippen LogP contribution in [0, 0.1) is 5.41 Å². The number of hydrogen-bond donors (Lipinski definition) is 2. The molecule has 2 nitrogen and oxygen atoms in total. The van der Waals surface area contributed by atoms with Crippen molar-refractivity contribution in [2.24, 2.45) is 5.41 Å². The van der Waals surface area contributed by atoms with Crippen LogP contribution in [0.25, 0.3) is 0 Å². The fourth-order valence-electron chi connectivity index (χ4n) is 3.69. The molecule has 1 aliphatic heterocycles. The van der Waals surface area contributed by atoms with Crippen molar-refractivity contribution in [1.29, 1.82) is 0 Å². The van der Waals surface area contributed by atoms with Crippen molar-refractivity contribution in [2.75, 3.05) is 11.9 Å². The average molecular weight is 288 g/mol. The third-order valence-electron chi connectivity index (χ3n) is 4.09. The van der Waals surface area contributed by atoms with Crippen LogP contribution in [0.15, 0.2) is 18.2 Å². The lowest BCUT2D eigenvalue weighted by atomic mass is 9.82. The molecule has 0 spiro atoms. The Bertz CT molecular complexity index is 483. The summed E-state index contributed by atoms with van der Waals surface area (Å²) in [7, 11) is 0. The van der Waals surface area contributed by atoms with Crippen molar-refractivity contribution in [1.82, 2.24) is 5.32 Å². The highest BCUT2D eigenvalue weighted by Gasteiger charge is 2.24. The molecule has 21 heavy (non-hydrogen) atoms. The van der Waals surface area contributed by atoms with E-state index in [1.165, 1.54) is 23.2 Å². The molecule has 0 bridgehead atoms. The second-order valence-electron chi connectivity index (χ2n) is 8.54. The highest BCUT2D eigenvalue weighted by Crippen LogP contribution is 2.28. The molecule has 0 aliphatic carbocycles. The highest BCUT2D eigenvalue weighted by molar-refractivity contribution is 5.57. The quantitative estimate of drug-likeness (QED) is 0.839. The largest absolute Gasteiger partial charge is 0.382 e. The van der Waals surface area contributed by atoms with Gasteiger partial charge < -0.3 is 10.6 Å². The van der Waals surface area contributed by atoms with Gasteiger partial charge in [-0.05, 0) is 69.2 Å². The van der Waals surface area contributed by atoms with Gasteiger partial charge in [0.15, 0.2) is 0 Å². The first-order valence-electron chi connectivity index (χ1n) is 8.28. The van der Waals surface area contributed by atoms with E-state index < -0.39 is 0 Å². The molecule has 1 aromatic rings. The van der Waals surface area contributed by atoms with E-state index in [0.29, 0.717) is 11.5 Å². The van der Waals surface area contributed by atoms with Crippen molar-refractivity contribution in [3.8, 4) is 0 Å². The molecule has 0 fully saturated rings. The fraction of sp³-hybridized carbons (Fsp3) is 0.684. The number of rotatable bonds is 5. The Kier molecular flexibility index (Phi) is 4.67. The van der Waals surface area contributed by atoms with Crippen LogP contribution in [0.5, 0.6) is 0 Å². The van der Waals surface area contributed by atoms with Gasteiger partial charge in [-0.1, -0.05) is 32.9 Å². The van der Waals surface area contributed by atoms with Crippen LogP contribution in [0.1, 0.15) is 59.1 Å². The van der Waals surface area contributed by atoms with Crippen LogP contribution >= 0.6 is 0 Å². The lowest BCUT2D eigenvalue weighted by Crippen LogP contribution is -2.43. The maximum absolute atomic E-state index is 3.72. The minimum Gasteiger partial charge on any atom is -0.382 e. The number of benzene rings is 1. The molecule has 1 aromatic carbocycles. The van der Waals surface area contributed by atoms with E-state index in [1.54, 1.807) is 0 Å². The Balaban J connectivity index is 1.86. The minimum absolute atomic E-state index is 0.199. The first-order chi connectivity index (χ1) is 9.65. The maximum Gasteiger partial charge on any atom is 0.0375 e. The monoisotopic (exact) mass is 288 g/mol. The van der Waals surface area contributed by atoms with Gasteiger partial charge in [0.1, 0.15) is 0 Å². The zero-order valence-electron chi connectivity index (χ0n) is 14.6. The van der Waals surface area contributed by atoms with Gasteiger partial charge in [0.05, 0.1) is 0 Å². The summed E-state index contributed by atoms with van der Waals surface area (Å²) in [6, 6.07) is 7.47. The lowest BCUT2D eigenvalue weighted by Gasteiger charge is -2.33. The smallest absolute Gasteiger partial charge is 0.0375 e. The molecular formula is C19H32N2. The van der Waals surface area contributed by atoms with Crippen molar-refractivity contribution in [3.05, 3.63) is 29.3 Å². The van der Waals surface area contributed by atoms with E-state index in [1.807, 2.05) is 0 Å². The first kappa shape index (κ1) is 16.4. The van der Waals surface area contributed by atoms with Crippen LogP contribution in [0.4, 0.5) is 5.69 Å². The molecule has 1 atom stereocenters. The van der Waals surface area contributed by atoms with Crippen molar-refractivity contribution in [2.45, 2.75) is 72.4 Å². The third kappa shape index (κ3) is 5.03. The summed E-state index contributed by atoms with van der Waals surface area (Å²) in [5, 5.41) is 7.24. The Morgan fingerprint density at radius 1 is 1.19 bits per heavy atom. The van der Waals surface area contributed by atoms with Gasteiger partial charge >= 0.3 is 0 Å². The molecule has 1 unspecified atom stereocenters. The Labute approximate surface area is 130 Å². The van der Waals surface area contributed by atoms with Gasteiger partial charge in [0.2, 0.25) is 0 Å². The summed E-state index contributed by atoms with van der Waals surface area (Å²) in [6.07, 6.45) is 3.45. The van der Waals surface area contributed by atoms with E-state index in [0.717, 1.165) is 19.4 Å². The second-order valence-corrected chi connectivity index (χ2v) is 8.54. The molecule has 0 radical (unpaired) electrons. The molecule has 0 amide bonds. The SMILES string of the molecule is CC1Cc2cc(CCNC(C)(C)CC(C)(C)C)ccc2N1. The van der Waals surface area contributed by atoms with E-state index in [9.17, 15) is 0 Å². The summed E-state index contributed by atoms with van der Waals surface area (Å²) in [6.45, 7) is 14.8. The van der Waals surface area contributed by atoms with Crippen LogP contribution in [-0.4, -0.2) is 18.1 Å². The van der Waals surface area contributed by atoms with Gasteiger partial charge in [-0.15, -0.1) is 0 Å². The van der Waals surface area contributed by atoms with Gasteiger partial charge in [-0.2, -0.15) is 0 Å². The number of hydrogen-bond acceptors (Lipinski definition) is 2. The zero-order chi connectivity index (χ0) is 15.7. The maximum atomic E-state index is 3.72. The highest BCUT2D eigenvalue weighted by atomic mass is 15.0. The molecule has 2 N–H and O–H groups in total. The lowest BCUT2D eigenvalue weighted by molar-refractivity contribution is 0.243. The topological polar surface area (TPSA) is 24.1 Å². The van der Waals surface area contributed by atoms with Crippen LogP contribution in [0.2, 0.25) is 0 Å². The van der Waals surface area contributed by atoms with Crippen LogP contribution in [-0.2, 0) is 12.8 Å². The van der Waals surface area contributed by atoms with Crippen LogP contribution < -0.4 is 10.6 Å². The van der Waals surface area contributed by atoms with E-state index >= 15 is 0 Å². The van der Waals surface area contributed by atoms with Crippen LogP contribution in [0.3, 0.4) is 0 Å². The van der Waals surface area contributed by atoms with Crippen molar-refractivity contribution in [3.63, 3.8) is 0 Å². The standard InChI is InChI=1S/C19H32N2/c1-14-11-16-12-15(7-8-17(16)21-14)9-10-20-19(5,6)13-18(2,3)4/h7-8,12,14,20-21H,9-11,13H2,1-6H3. The van der Waals surface area contributed by atoms with Gasteiger partial charge in [0, 0.05) is 17.3 Å². The molecule has 1 aliphatic rings. The molecule has 0 saturated carbocycles. The molecule has 0 saturated heterocycles. The molecule has 1 heterocycles. The number of nitrogens with one attached hydrogen (secondary N) is 2. The normalized spacial score (nSPS) is 18.5. The van der Waals surface area contributed by atoms with Gasteiger partial charge in [-0.25, -0.2) is 0 Å². The summed E-state index contributed by atoms with van der Waals surface area (Å²) in [5.74, 6) is 0. The van der Waals surface area contributed by atoms with E-state index in [4.69, 9.17) is 0 Å². The average Bonchev–Trinajstić information content (AvgIpc) is 2.64. The summed E-state index contributed by atoms with van der Waals surface area (Å²) in [5.41, 5.74) is 4.82. The molecular weight excluding hydrogens is 256 g/mol. The fourth-order valence-corrected chi connectivity index (χ4v) is 3.69. The second kappa shape index (κ2) is 6.00. The Hall–Kier alpha value is -1.02.